The molecular weight excluding hydrogens is 304 g/mol. The minimum atomic E-state index is -1.02. The van der Waals surface area contributed by atoms with Crippen LogP contribution in [0, 0.1) is 0 Å². The van der Waals surface area contributed by atoms with Crippen LogP contribution >= 0.6 is 0 Å². The summed E-state index contributed by atoms with van der Waals surface area (Å²) in [5.41, 5.74) is 0.835. The summed E-state index contributed by atoms with van der Waals surface area (Å²) in [6, 6.07) is 5.10. The van der Waals surface area contributed by atoms with E-state index >= 15 is 0 Å². The van der Waals surface area contributed by atoms with Gasteiger partial charge in [-0.1, -0.05) is 11.3 Å². The number of nitrogens with zero attached hydrogens (tertiary/aromatic N) is 3. The molecule has 0 saturated heterocycles. The summed E-state index contributed by atoms with van der Waals surface area (Å²) in [4.78, 5) is 22.9. The largest absolute Gasteiger partial charge is 0.486 e. The van der Waals surface area contributed by atoms with Gasteiger partial charge in [-0.05, 0) is 12.1 Å². The maximum absolute atomic E-state index is 12.3. The number of rotatable bonds is 5. The van der Waals surface area contributed by atoms with Crippen LogP contribution in [0.1, 0.15) is 16.1 Å². The SMILES string of the molecule is O=C(O)Cn1cc(CNC(=O)c2cccc3c2OCCO3)nn1. The van der Waals surface area contributed by atoms with Gasteiger partial charge in [0.1, 0.15) is 25.5 Å². The third kappa shape index (κ3) is 3.39. The number of carbonyl (C=O) groups excluding carboxylic acids is 1. The number of carbonyl (C=O) groups is 2. The van der Waals surface area contributed by atoms with E-state index in [1.54, 1.807) is 18.2 Å². The molecule has 1 aromatic heterocycles. The predicted molar refractivity (Wildman–Crippen MR) is 76.3 cm³/mol. The molecule has 0 radical (unpaired) electrons. The van der Waals surface area contributed by atoms with Crippen molar-refractivity contribution in [2.75, 3.05) is 13.2 Å². The fourth-order valence-corrected chi connectivity index (χ4v) is 2.15. The van der Waals surface area contributed by atoms with Gasteiger partial charge in [0.05, 0.1) is 18.3 Å². The lowest BCUT2D eigenvalue weighted by atomic mass is 10.1. The average Bonchev–Trinajstić information content (AvgIpc) is 2.98. The number of amides is 1. The predicted octanol–water partition coefficient (Wildman–Crippen LogP) is 0.0639. The van der Waals surface area contributed by atoms with Crippen molar-refractivity contribution in [2.24, 2.45) is 0 Å². The molecule has 1 aromatic carbocycles. The molecule has 0 bridgehead atoms. The van der Waals surface area contributed by atoms with Gasteiger partial charge >= 0.3 is 5.97 Å². The molecule has 0 spiro atoms. The fourth-order valence-electron chi connectivity index (χ4n) is 2.15. The first-order valence-electron chi connectivity index (χ1n) is 6.91. The molecule has 1 aliphatic rings. The maximum atomic E-state index is 12.3. The van der Waals surface area contributed by atoms with E-state index in [1.807, 2.05) is 0 Å². The molecule has 9 heteroatoms. The first-order valence-corrected chi connectivity index (χ1v) is 6.91. The van der Waals surface area contributed by atoms with E-state index in [9.17, 15) is 9.59 Å². The Balaban J connectivity index is 1.66. The normalized spacial score (nSPS) is 12.7. The zero-order valence-electron chi connectivity index (χ0n) is 12.1. The van der Waals surface area contributed by atoms with Crippen LogP contribution in [-0.4, -0.2) is 45.2 Å². The second kappa shape index (κ2) is 6.34. The van der Waals surface area contributed by atoms with Crippen molar-refractivity contribution < 1.29 is 24.2 Å². The number of benzene rings is 1. The molecule has 0 fully saturated rings. The molecule has 0 unspecified atom stereocenters. The van der Waals surface area contributed by atoms with E-state index < -0.39 is 5.97 Å². The Morgan fingerprint density at radius 3 is 2.96 bits per heavy atom. The van der Waals surface area contributed by atoms with Crippen LogP contribution in [0.2, 0.25) is 0 Å². The highest BCUT2D eigenvalue weighted by Crippen LogP contribution is 2.33. The van der Waals surface area contributed by atoms with Crippen molar-refractivity contribution in [3.05, 3.63) is 35.7 Å². The fraction of sp³-hybridized carbons (Fsp3) is 0.286. The van der Waals surface area contributed by atoms with E-state index in [2.05, 4.69) is 15.6 Å². The first kappa shape index (κ1) is 14.8. The van der Waals surface area contributed by atoms with Crippen LogP contribution < -0.4 is 14.8 Å². The molecule has 120 valence electrons. The quantitative estimate of drug-likeness (QED) is 0.801. The molecule has 1 amide bonds. The summed E-state index contributed by atoms with van der Waals surface area (Å²) in [7, 11) is 0. The number of carboxylic acids is 1. The summed E-state index contributed by atoms with van der Waals surface area (Å²) in [6.45, 7) is 0.687. The Kier molecular flexibility index (Phi) is 4.09. The van der Waals surface area contributed by atoms with Gasteiger partial charge < -0.3 is 19.9 Å². The van der Waals surface area contributed by atoms with Crippen molar-refractivity contribution >= 4 is 11.9 Å². The number of ether oxygens (including phenoxy) is 2. The number of aliphatic carboxylic acids is 1. The Bertz CT molecular complexity index is 743. The number of hydrogen-bond donors (Lipinski definition) is 2. The Morgan fingerprint density at radius 2 is 2.13 bits per heavy atom. The van der Waals surface area contributed by atoms with Gasteiger partial charge in [-0.3, -0.25) is 9.59 Å². The van der Waals surface area contributed by atoms with Gasteiger partial charge in [-0.25, -0.2) is 4.68 Å². The number of hydrogen-bond acceptors (Lipinski definition) is 6. The lowest BCUT2D eigenvalue weighted by molar-refractivity contribution is -0.137. The highest BCUT2D eigenvalue weighted by Gasteiger charge is 2.20. The van der Waals surface area contributed by atoms with Crippen molar-refractivity contribution in [3.8, 4) is 11.5 Å². The zero-order valence-corrected chi connectivity index (χ0v) is 12.1. The average molecular weight is 318 g/mol. The number of nitrogens with one attached hydrogen (secondary N) is 1. The summed E-state index contributed by atoms with van der Waals surface area (Å²) >= 11 is 0. The van der Waals surface area contributed by atoms with Gasteiger partial charge in [-0.2, -0.15) is 0 Å². The summed E-state index contributed by atoms with van der Waals surface area (Å²) in [6.07, 6.45) is 1.47. The number of para-hydroxylation sites is 1. The highest BCUT2D eigenvalue weighted by atomic mass is 16.6. The van der Waals surface area contributed by atoms with Crippen LogP contribution in [0.5, 0.6) is 11.5 Å². The van der Waals surface area contributed by atoms with E-state index in [-0.39, 0.29) is 19.0 Å². The molecular formula is C14H14N4O5. The van der Waals surface area contributed by atoms with E-state index in [0.29, 0.717) is 36.0 Å². The second-order valence-corrected chi connectivity index (χ2v) is 4.81. The molecule has 9 nitrogen and oxygen atoms in total. The van der Waals surface area contributed by atoms with Crippen molar-refractivity contribution in [2.45, 2.75) is 13.1 Å². The van der Waals surface area contributed by atoms with Gasteiger partial charge in [0, 0.05) is 0 Å². The molecule has 2 N–H and O–H groups in total. The number of fused-ring (bicyclic) bond motifs is 1. The Morgan fingerprint density at radius 1 is 1.30 bits per heavy atom. The third-order valence-corrected chi connectivity index (χ3v) is 3.12. The van der Waals surface area contributed by atoms with Gasteiger partial charge in [0.25, 0.3) is 5.91 Å². The Hall–Kier alpha value is -3.10. The van der Waals surface area contributed by atoms with Crippen LogP contribution in [0.4, 0.5) is 0 Å². The lowest BCUT2D eigenvalue weighted by Crippen LogP contribution is -2.25. The summed E-state index contributed by atoms with van der Waals surface area (Å²) in [5, 5.41) is 18.8. The standard InChI is InChI=1S/C14H14N4O5/c19-12(20)8-18-7-9(16-17-18)6-15-14(21)10-2-1-3-11-13(10)23-5-4-22-11/h1-3,7H,4-6,8H2,(H,15,21)(H,19,20). The number of carboxylic acid groups (broad SMARTS) is 1. The summed E-state index contributed by atoms with van der Waals surface area (Å²) < 4.78 is 12.1. The van der Waals surface area contributed by atoms with Crippen LogP contribution in [0.15, 0.2) is 24.4 Å². The monoisotopic (exact) mass is 318 g/mol. The van der Waals surface area contributed by atoms with E-state index in [0.717, 1.165) is 0 Å². The molecule has 3 rings (SSSR count). The smallest absolute Gasteiger partial charge is 0.325 e. The third-order valence-electron chi connectivity index (χ3n) is 3.12. The first-order chi connectivity index (χ1) is 11.1. The molecule has 2 heterocycles. The molecule has 23 heavy (non-hydrogen) atoms. The highest BCUT2D eigenvalue weighted by molar-refractivity contribution is 5.97. The van der Waals surface area contributed by atoms with E-state index in [1.165, 1.54) is 10.9 Å². The molecule has 2 aromatic rings. The molecule has 0 saturated carbocycles. The van der Waals surface area contributed by atoms with Crippen molar-refractivity contribution in [3.63, 3.8) is 0 Å². The second-order valence-electron chi connectivity index (χ2n) is 4.81. The molecule has 0 atom stereocenters. The van der Waals surface area contributed by atoms with Crippen molar-refractivity contribution in [1.29, 1.82) is 0 Å². The van der Waals surface area contributed by atoms with Gasteiger partial charge in [0.2, 0.25) is 0 Å². The van der Waals surface area contributed by atoms with Crippen molar-refractivity contribution in [1.82, 2.24) is 20.3 Å². The zero-order chi connectivity index (χ0) is 16.2. The summed E-state index contributed by atoms with van der Waals surface area (Å²) in [5.74, 6) is -0.388. The van der Waals surface area contributed by atoms with Gasteiger partial charge in [-0.15, -0.1) is 5.10 Å². The minimum Gasteiger partial charge on any atom is -0.486 e. The lowest BCUT2D eigenvalue weighted by Gasteiger charge is -2.20. The maximum Gasteiger partial charge on any atom is 0.325 e. The Labute approximate surface area is 130 Å². The van der Waals surface area contributed by atoms with Crippen LogP contribution in [0.3, 0.4) is 0 Å². The minimum absolute atomic E-state index is 0.128. The van der Waals surface area contributed by atoms with Gasteiger partial charge in [0.15, 0.2) is 11.5 Å². The molecule has 1 aliphatic heterocycles. The van der Waals surface area contributed by atoms with Crippen LogP contribution in [-0.2, 0) is 17.9 Å². The van der Waals surface area contributed by atoms with Crippen LogP contribution in [0.25, 0.3) is 0 Å². The van der Waals surface area contributed by atoms with E-state index in [4.69, 9.17) is 14.6 Å². The molecule has 0 aliphatic carbocycles. The topological polar surface area (TPSA) is 116 Å². The number of aromatic nitrogens is 3.